The SMILES string of the molecule is O=c1nc(OCc2cc(F)c(Oc3ccc(F)c(F)c3)c(F)c2)cc2n1CC1CCCN21. The van der Waals surface area contributed by atoms with Gasteiger partial charge in [0.25, 0.3) is 0 Å². The van der Waals surface area contributed by atoms with Gasteiger partial charge in [-0.2, -0.15) is 4.98 Å². The van der Waals surface area contributed by atoms with Crippen molar-refractivity contribution in [3.8, 4) is 17.4 Å². The number of ether oxygens (including phenoxy) is 2. The fraction of sp³-hybridized carbons (Fsp3) is 0.273. The molecule has 2 aliphatic heterocycles. The summed E-state index contributed by atoms with van der Waals surface area (Å²) in [6.07, 6.45) is 2.06. The van der Waals surface area contributed by atoms with Crippen LogP contribution in [0.15, 0.2) is 41.2 Å². The standard InChI is InChI=1S/C22H17F4N3O3/c23-15-4-3-14(8-16(15)24)32-21-17(25)6-12(7-18(21)26)11-31-19-9-20-28-5-1-2-13(28)10-29(20)22(30)27-19/h3-4,6-9,13H,1-2,5,10-11H2. The topological polar surface area (TPSA) is 56.6 Å². The summed E-state index contributed by atoms with van der Waals surface area (Å²) in [4.78, 5) is 18.3. The van der Waals surface area contributed by atoms with Crippen molar-refractivity contribution in [2.24, 2.45) is 0 Å². The number of aromatic nitrogens is 2. The van der Waals surface area contributed by atoms with E-state index in [0.717, 1.165) is 49.5 Å². The van der Waals surface area contributed by atoms with E-state index >= 15 is 0 Å². The van der Waals surface area contributed by atoms with Crippen molar-refractivity contribution in [3.05, 3.63) is 75.7 Å². The zero-order valence-corrected chi connectivity index (χ0v) is 16.7. The summed E-state index contributed by atoms with van der Waals surface area (Å²) in [5.74, 6) is -4.61. The van der Waals surface area contributed by atoms with Crippen LogP contribution in [0, 0.1) is 23.3 Å². The number of halogens is 4. The molecule has 1 aromatic heterocycles. The van der Waals surface area contributed by atoms with Crippen molar-refractivity contribution in [1.29, 1.82) is 0 Å². The molecule has 3 aromatic rings. The van der Waals surface area contributed by atoms with Crippen LogP contribution in [0.5, 0.6) is 17.4 Å². The third-order valence-electron chi connectivity index (χ3n) is 5.59. The van der Waals surface area contributed by atoms with Crippen molar-refractivity contribution in [2.75, 3.05) is 11.4 Å². The largest absolute Gasteiger partial charge is 0.473 e. The minimum atomic E-state index is -1.20. The number of rotatable bonds is 5. The molecule has 1 saturated heterocycles. The maximum absolute atomic E-state index is 14.4. The Hall–Kier alpha value is -3.56. The van der Waals surface area contributed by atoms with Gasteiger partial charge < -0.3 is 14.4 Å². The quantitative estimate of drug-likeness (QED) is 0.550. The predicted octanol–water partition coefficient (Wildman–Crippen LogP) is 4.15. The molecule has 2 aliphatic rings. The second-order valence-corrected chi connectivity index (χ2v) is 7.69. The molecule has 6 nitrogen and oxygen atoms in total. The third-order valence-corrected chi connectivity index (χ3v) is 5.59. The summed E-state index contributed by atoms with van der Waals surface area (Å²) in [6, 6.07) is 6.46. The lowest BCUT2D eigenvalue weighted by molar-refractivity contribution is 0.289. The van der Waals surface area contributed by atoms with Crippen LogP contribution in [-0.2, 0) is 13.2 Å². The Morgan fingerprint density at radius 1 is 1.00 bits per heavy atom. The van der Waals surface area contributed by atoms with Gasteiger partial charge in [-0.25, -0.2) is 22.4 Å². The second kappa shape index (κ2) is 7.85. The van der Waals surface area contributed by atoms with Gasteiger partial charge >= 0.3 is 5.69 Å². The van der Waals surface area contributed by atoms with Crippen LogP contribution in [0.25, 0.3) is 0 Å². The summed E-state index contributed by atoms with van der Waals surface area (Å²) in [5, 5.41) is 0. The normalized spacial score (nSPS) is 16.8. The van der Waals surface area contributed by atoms with E-state index in [1.807, 2.05) is 0 Å². The number of nitrogens with zero attached hydrogens (tertiary/aromatic N) is 3. The highest BCUT2D eigenvalue weighted by Crippen LogP contribution is 2.33. The van der Waals surface area contributed by atoms with Crippen LogP contribution in [0.4, 0.5) is 23.4 Å². The average Bonchev–Trinajstić information content (AvgIpc) is 3.34. The Balaban J connectivity index is 1.32. The lowest BCUT2D eigenvalue weighted by Crippen LogP contribution is -2.24. The molecular formula is C22H17F4N3O3. The molecule has 3 heterocycles. The maximum atomic E-state index is 14.4. The summed E-state index contributed by atoms with van der Waals surface area (Å²) >= 11 is 0. The second-order valence-electron chi connectivity index (χ2n) is 7.69. The maximum Gasteiger partial charge on any atom is 0.352 e. The number of hydrogen-bond acceptors (Lipinski definition) is 5. The number of anilines is 1. The highest BCUT2D eigenvalue weighted by molar-refractivity contribution is 5.48. The van der Waals surface area contributed by atoms with Gasteiger partial charge in [-0.05, 0) is 42.7 Å². The van der Waals surface area contributed by atoms with E-state index in [2.05, 4.69) is 9.88 Å². The molecule has 0 N–H and O–H groups in total. The summed E-state index contributed by atoms with van der Waals surface area (Å²) in [6.45, 7) is 1.21. The first-order valence-electron chi connectivity index (χ1n) is 10.0. The first kappa shape index (κ1) is 20.3. The van der Waals surface area contributed by atoms with Gasteiger partial charge in [0.15, 0.2) is 29.0 Å². The van der Waals surface area contributed by atoms with E-state index < -0.39 is 34.7 Å². The minimum absolute atomic E-state index is 0.0664. The van der Waals surface area contributed by atoms with Crippen molar-refractivity contribution in [3.63, 3.8) is 0 Å². The lowest BCUT2D eigenvalue weighted by Gasteiger charge is -2.17. The van der Waals surface area contributed by atoms with E-state index in [4.69, 9.17) is 9.47 Å². The lowest BCUT2D eigenvalue weighted by atomic mass is 10.2. The number of benzene rings is 2. The molecule has 0 spiro atoms. The molecule has 0 aliphatic carbocycles. The van der Waals surface area contributed by atoms with Crippen molar-refractivity contribution in [2.45, 2.75) is 32.0 Å². The van der Waals surface area contributed by atoms with E-state index in [1.165, 1.54) is 0 Å². The molecular weight excluding hydrogens is 430 g/mol. The van der Waals surface area contributed by atoms with Crippen molar-refractivity contribution >= 4 is 5.82 Å². The summed E-state index contributed by atoms with van der Waals surface area (Å²) < 4.78 is 67.3. The monoisotopic (exact) mass is 447 g/mol. The number of fused-ring (bicyclic) bond motifs is 3. The Morgan fingerprint density at radius 2 is 1.78 bits per heavy atom. The van der Waals surface area contributed by atoms with Crippen LogP contribution >= 0.6 is 0 Å². The fourth-order valence-electron chi connectivity index (χ4n) is 4.10. The molecule has 0 bridgehead atoms. The predicted molar refractivity (Wildman–Crippen MR) is 106 cm³/mol. The van der Waals surface area contributed by atoms with E-state index in [0.29, 0.717) is 12.6 Å². The van der Waals surface area contributed by atoms with Gasteiger partial charge in [0.1, 0.15) is 18.2 Å². The molecule has 2 aromatic carbocycles. The molecule has 0 amide bonds. The summed E-state index contributed by atoms with van der Waals surface area (Å²) in [7, 11) is 0. The fourth-order valence-corrected chi connectivity index (χ4v) is 4.10. The van der Waals surface area contributed by atoms with Gasteiger partial charge in [-0.1, -0.05) is 0 Å². The van der Waals surface area contributed by atoms with Crippen LogP contribution in [-0.4, -0.2) is 22.1 Å². The van der Waals surface area contributed by atoms with Crippen LogP contribution in [0.2, 0.25) is 0 Å². The first-order chi connectivity index (χ1) is 15.4. The molecule has 10 heteroatoms. The van der Waals surface area contributed by atoms with Gasteiger partial charge in [-0.15, -0.1) is 0 Å². The number of hydrogen-bond donors (Lipinski definition) is 0. The zero-order chi connectivity index (χ0) is 22.4. The van der Waals surface area contributed by atoms with E-state index in [1.54, 1.807) is 10.6 Å². The molecule has 1 unspecified atom stereocenters. The van der Waals surface area contributed by atoms with Crippen LogP contribution in [0.3, 0.4) is 0 Å². The van der Waals surface area contributed by atoms with Gasteiger partial charge in [-0.3, -0.25) is 4.57 Å². The van der Waals surface area contributed by atoms with Crippen LogP contribution < -0.4 is 20.1 Å². The van der Waals surface area contributed by atoms with Crippen molar-refractivity contribution < 1.29 is 27.0 Å². The highest BCUT2D eigenvalue weighted by Gasteiger charge is 2.34. The molecule has 166 valence electrons. The van der Waals surface area contributed by atoms with Gasteiger partial charge in [0.2, 0.25) is 5.88 Å². The van der Waals surface area contributed by atoms with Gasteiger partial charge in [0.05, 0.1) is 0 Å². The smallest absolute Gasteiger partial charge is 0.352 e. The molecule has 32 heavy (non-hydrogen) atoms. The molecule has 0 saturated carbocycles. The molecule has 1 atom stereocenters. The Morgan fingerprint density at radius 3 is 2.53 bits per heavy atom. The van der Waals surface area contributed by atoms with E-state index in [-0.39, 0.29) is 29.8 Å². The van der Waals surface area contributed by atoms with Crippen molar-refractivity contribution in [1.82, 2.24) is 9.55 Å². The van der Waals surface area contributed by atoms with Crippen LogP contribution in [0.1, 0.15) is 18.4 Å². The molecule has 1 fully saturated rings. The minimum Gasteiger partial charge on any atom is -0.473 e. The highest BCUT2D eigenvalue weighted by atomic mass is 19.2. The Kier molecular flexibility index (Phi) is 4.99. The molecule has 0 radical (unpaired) electrons. The zero-order valence-electron chi connectivity index (χ0n) is 16.7. The third kappa shape index (κ3) is 3.65. The first-order valence-corrected chi connectivity index (χ1v) is 10.0. The molecule has 5 rings (SSSR count). The average molecular weight is 447 g/mol. The van der Waals surface area contributed by atoms with Gasteiger partial charge in [0, 0.05) is 31.3 Å². The van der Waals surface area contributed by atoms with E-state index in [9.17, 15) is 22.4 Å². The Bertz CT molecular complexity index is 1240. The Labute approximate surface area is 179 Å². The summed E-state index contributed by atoms with van der Waals surface area (Å²) in [5.41, 5.74) is -0.293.